The van der Waals surface area contributed by atoms with Crippen LogP contribution < -0.4 is 5.32 Å². The van der Waals surface area contributed by atoms with Crippen molar-refractivity contribution < 1.29 is 38.1 Å². The van der Waals surface area contributed by atoms with Crippen LogP contribution in [0.1, 0.15) is 122 Å². The molecule has 13 nitrogen and oxygen atoms in total. The van der Waals surface area contributed by atoms with Gasteiger partial charge in [0.05, 0.1) is 69.7 Å². The largest absolute Gasteiger partial charge is 0.469 e. The molecule has 0 aliphatic carbocycles. The van der Waals surface area contributed by atoms with Gasteiger partial charge in [-0.2, -0.15) is 0 Å². The van der Waals surface area contributed by atoms with Crippen LogP contribution in [0.2, 0.25) is 0 Å². The van der Waals surface area contributed by atoms with E-state index in [2.05, 4.69) is 55.6 Å². The average Bonchev–Trinajstić information content (AvgIpc) is 3.93. The quantitative estimate of drug-likeness (QED) is 0.0708. The zero-order valence-corrected chi connectivity index (χ0v) is 36.7. The number of unbranched alkanes of at least 4 members (excludes halogenated alkanes) is 1. The maximum atomic E-state index is 14.4. The minimum atomic E-state index is -0.504. The first-order valence-corrected chi connectivity index (χ1v) is 21.2. The molecule has 3 aromatic rings. The molecule has 0 aromatic carbocycles. The van der Waals surface area contributed by atoms with Crippen molar-refractivity contribution in [3.05, 3.63) is 75.4 Å². The van der Waals surface area contributed by atoms with Gasteiger partial charge in [0.2, 0.25) is 0 Å². The van der Waals surface area contributed by atoms with Crippen molar-refractivity contribution in [1.82, 2.24) is 25.3 Å². The summed E-state index contributed by atoms with van der Waals surface area (Å²) in [5.41, 5.74) is 11.6. The Morgan fingerprint density at radius 1 is 0.800 bits per heavy atom. The highest BCUT2D eigenvalue weighted by Crippen LogP contribution is 2.44. The minimum absolute atomic E-state index is 0.139. The fraction of sp³-hybridized carbons (Fsp3) is 0.511. The Bertz CT molecular complexity index is 2240. The lowest BCUT2D eigenvalue weighted by molar-refractivity contribution is -0.141. The van der Waals surface area contributed by atoms with Crippen LogP contribution in [0.25, 0.3) is 39.3 Å². The number of carbonyl (C=O) groups is 3. The van der Waals surface area contributed by atoms with Gasteiger partial charge in [-0.1, -0.05) is 39.8 Å². The van der Waals surface area contributed by atoms with Gasteiger partial charge in [-0.25, -0.2) is 4.98 Å². The van der Waals surface area contributed by atoms with Crippen molar-refractivity contribution in [2.24, 2.45) is 0 Å². The number of aromatic amines is 2. The van der Waals surface area contributed by atoms with Crippen LogP contribution in [-0.2, 0) is 50.9 Å². The van der Waals surface area contributed by atoms with Crippen molar-refractivity contribution in [2.45, 2.75) is 98.3 Å². The summed E-state index contributed by atoms with van der Waals surface area (Å²) in [5, 5.41) is 3.09. The number of methoxy groups -OCH3 is 2. The molecule has 1 amide bonds. The Morgan fingerprint density at radius 2 is 1.45 bits per heavy atom. The number of nitrogens with one attached hydrogen (secondary N) is 3. The molecule has 0 saturated carbocycles. The summed E-state index contributed by atoms with van der Waals surface area (Å²) in [6, 6.07) is 6.11. The van der Waals surface area contributed by atoms with E-state index in [-0.39, 0.29) is 36.6 Å². The van der Waals surface area contributed by atoms with Crippen LogP contribution in [0.4, 0.5) is 0 Å². The Kier molecular flexibility index (Phi) is 16.8. The molecule has 2 atom stereocenters. The zero-order chi connectivity index (χ0) is 43.3. The summed E-state index contributed by atoms with van der Waals surface area (Å²) in [7, 11) is 2.70. The van der Waals surface area contributed by atoms with E-state index in [1.165, 1.54) is 14.2 Å². The third kappa shape index (κ3) is 10.8. The molecule has 13 heteroatoms. The number of hydrogen-bond donors (Lipinski definition) is 3. The second kappa shape index (κ2) is 21.9. The first kappa shape index (κ1) is 46.0. The maximum Gasteiger partial charge on any atom is 0.310 e. The number of fused-ring (bicyclic) bond motifs is 8. The van der Waals surface area contributed by atoms with Crippen molar-refractivity contribution >= 4 is 57.1 Å². The third-order valence-electron chi connectivity index (χ3n) is 11.5. The number of esters is 2. The Balaban J connectivity index is 1.61. The molecular weight excluding hydrogens is 763 g/mol. The van der Waals surface area contributed by atoms with Gasteiger partial charge in [0, 0.05) is 76.9 Å². The summed E-state index contributed by atoms with van der Waals surface area (Å²) in [6.45, 7) is 20.0. The van der Waals surface area contributed by atoms with E-state index in [1.807, 2.05) is 32.1 Å². The molecule has 5 heterocycles. The third-order valence-corrected chi connectivity index (χ3v) is 11.5. The van der Waals surface area contributed by atoms with E-state index in [9.17, 15) is 14.4 Å². The number of carbonyl (C=O) groups excluding carboxylic acids is 3. The van der Waals surface area contributed by atoms with E-state index < -0.39 is 5.97 Å². The van der Waals surface area contributed by atoms with Crippen molar-refractivity contribution in [2.75, 3.05) is 60.4 Å². The number of ether oxygens (including phenoxy) is 5. The Morgan fingerprint density at radius 3 is 2.10 bits per heavy atom. The maximum absolute atomic E-state index is 14.4. The highest BCUT2D eigenvalue weighted by Gasteiger charge is 2.36. The lowest BCUT2D eigenvalue weighted by atomic mass is 9.84. The highest BCUT2D eigenvalue weighted by molar-refractivity contribution is 6.27. The molecular formula is C47H63N5O8. The van der Waals surface area contributed by atoms with E-state index in [4.69, 9.17) is 33.7 Å². The topological polar surface area (TPSA) is 167 Å². The van der Waals surface area contributed by atoms with Crippen LogP contribution in [0.5, 0.6) is 0 Å². The van der Waals surface area contributed by atoms with Crippen LogP contribution in [0.15, 0.2) is 24.8 Å². The van der Waals surface area contributed by atoms with Gasteiger partial charge in [0.15, 0.2) is 0 Å². The molecule has 8 bridgehead atoms. The monoisotopic (exact) mass is 825 g/mol. The number of rotatable bonds is 21. The normalized spacial score (nSPS) is 15.0. The van der Waals surface area contributed by atoms with Crippen LogP contribution in [-0.4, -0.2) is 98.2 Å². The number of aromatic nitrogens is 4. The predicted octanol–water partition coefficient (Wildman–Crippen LogP) is 7.98. The number of allylic oxidation sites excluding steroid dienone is 1. The van der Waals surface area contributed by atoms with Gasteiger partial charge in [0.25, 0.3) is 5.91 Å². The van der Waals surface area contributed by atoms with E-state index in [0.29, 0.717) is 86.2 Å². The zero-order valence-electron chi connectivity index (χ0n) is 36.7. The summed E-state index contributed by atoms with van der Waals surface area (Å²) < 4.78 is 27.2. The number of nitrogens with zero attached hydrogens (tertiary/aromatic N) is 2. The van der Waals surface area contributed by atoms with Crippen LogP contribution >= 0.6 is 0 Å². The second-order valence-electron chi connectivity index (χ2n) is 15.3. The molecule has 2 unspecified atom stereocenters. The highest BCUT2D eigenvalue weighted by atomic mass is 16.5. The van der Waals surface area contributed by atoms with Gasteiger partial charge in [-0.3, -0.25) is 19.4 Å². The summed E-state index contributed by atoms with van der Waals surface area (Å²) in [4.78, 5) is 58.0. The molecule has 2 aliphatic heterocycles. The molecule has 0 radical (unpaired) electrons. The van der Waals surface area contributed by atoms with Gasteiger partial charge in [0.1, 0.15) is 0 Å². The summed E-state index contributed by atoms with van der Waals surface area (Å²) >= 11 is 0. The Labute approximate surface area is 353 Å². The lowest BCUT2D eigenvalue weighted by Gasteiger charge is -2.18. The fourth-order valence-corrected chi connectivity index (χ4v) is 7.96. The van der Waals surface area contributed by atoms with Crippen molar-refractivity contribution in [3.63, 3.8) is 0 Å². The molecule has 0 saturated heterocycles. The van der Waals surface area contributed by atoms with Gasteiger partial charge < -0.3 is 39.0 Å². The van der Waals surface area contributed by atoms with Crippen LogP contribution in [0.3, 0.4) is 0 Å². The molecule has 0 spiro atoms. The number of amides is 1. The van der Waals surface area contributed by atoms with Crippen molar-refractivity contribution in [1.29, 1.82) is 0 Å². The summed E-state index contributed by atoms with van der Waals surface area (Å²) in [5.74, 6) is -1.65. The van der Waals surface area contributed by atoms with Crippen LogP contribution in [0, 0.1) is 13.8 Å². The number of H-pyrrole nitrogens is 2. The minimum Gasteiger partial charge on any atom is -0.469 e. The van der Waals surface area contributed by atoms with E-state index >= 15 is 0 Å². The van der Waals surface area contributed by atoms with Gasteiger partial charge in [-0.15, -0.1) is 0 Å². The lowest BCUT2D eigenvalue weighted by Crippen LogP contribution is -2.27. The number of hydrogen-bond acceptors (Lipinski definition) is 10. The summed E-state index contributed by atoms with van der Waals surface area (Å²) in [6.07, 6.45) is 5.69. The smallest absolute Gasteiger partial charge is 0.310 e. The van der Waals surface area contributed by atoms with Gasteiger partial charge in [-0.05, 0) is 86.9 Å². The van der Waals surface area contributed by atoms with E-state index in [0.717, 1.165) is 75.9 Å². The SMILES string of the molecule is C=Cc1c(C)c2cc3nc(c(CC(=O)OC)c4nc(cc5[nH]c(cc1[nH]2)c(C)c5CC)C(C)=C4C(=O)NCCCOCCOCCOCCCC)C(CCC(=O)OC)C3C. The predicted molar refractivity (Wildman–Crippen MR) is 236 cm³/mol. The molecule has 5 rings (SSSR count). The van der Waals surface area contributed by atoms with Gasteiger partial charge >= 0.3 is 11.9 Å². The fourth-order valence-electron chi connectivity index (χ4n) is 7.96. The molecule has 60 heavy (non-hydrogen) atoms. The Hall–Kier alpha value is -5.11. The molecule has 0 fully saturated rings. The van der Waals surface area contributed by atoms with E-state index in [1.54, 1.807) is 0 Å². The standard InChI is InChI=1S/C47H63N5O8/c1-10-13-18-58-20-22-60-23-21-59-19-14-17-48-47(55)44-31(7)39-27-41-33(12-3)29(5)37(50-41)26-40-32(11-2)28(4)36(49-40)25-38-30(6)34(15-16-42(53)56-8)45(51-38)35(46(44)52-39)24-43(54)57-9/h11,25-27,30,34,49-50H,2,10,12-24H2,1,3-9H3,(H,48,55). The average molecular weight is 826 g/mol. The molecule has 3 N–H and O–H groups in total. The molecule has 324 valence electrons. The second-order valence-corrected chi connectivity index (χ2v) is 15.3. The molecule has 2 aliphatic rings. The number of aryl methyl sites for hydroxylation is 3. The molecule has 3 aromatic heterocycles. The first-order valence-electron chi connectivity index (χ1n) is 21.2. The first-order chi connectivity index (χ1) is 29.0. The van der Waals surface area contributed by atoms with Crippen molar-refractivity contribution in [3.8, 4) is 0 Å².